The summed E-state index contributed by atoms with van der Waals surface area (Å²) in [5.74, 6) is -0.831. The molecule has 0 unspecified atom stereocenters. The van der Waals surface area contributed by atoms with Crippen molar-refractivity contribution >= 4 is 11.7 Å². The first kappa shape index (κ1) is 16.2. The van der Waals surface area contributed by atoms with Crippen LogP contribution < -0.4 is 5.32 Å². The zero-order valence-corrected chi connectivity index (χ0v) is 12.7. The van der Waals surface area contributed by atoms with E-state index in [1.165, 1.54) is 6.07 Å². The fraction of sp³-hybridized carbons (Fsp3) is 0.533. The number of nitrogens with two attached hydrogens (primary N) is 1. The molecule has 0 radical (unpaired) electrons. The minimum absolute atomic E-state index is 0.110. The Kier molecular flexibility index (Phi) is 4.65. The van der Waals surface area contributed by atoms with E-state index in [4.69, 9.17) is 4.74 Å². The lowest BCUT2D eigenvalue weighted by molar-refractivity contribution is -0.665. The Hall–Kier alpha value is -2.15. The van der Waals surface area contributed by atoms with E-state index in [1.54, 1.807) is 0 Å². The summed E-state index contributed by atoms with van der Waals surface area (Å²) in [6.07, 6.45) is 1.96. The van der Waals surface area contributed by atoms with Gasteiger partial charge in [-0.2, -0.15) is 0 Å². The van der Waals surface area contributed by atoms with E-state index in [0.29, 0.717) is 0 Å². The second kappa shape index (κ2) is 6.31. The van der Waals surface area contributed by atoms with Crippen LogP contribution in [0.4, 0.5) is 5.69 Å². The predicted molar refractivity (Wildman–Crippen MR) is 78.6 cm³/mol. The first-order valence-corrected chi connectivity index (χ1v) is 7.33. The molecule has 0 aromatic heterocycles. The minimum atomic E-state index is -0.701. The average Bonchev–Trinajstić information content (AvgIpc) is 2.47. The summed E-state index contributed by atoms with van der Waals surface area (Å²) in [5, 5.41) is 22.5. The quantitative estimate of drug-likeness (QED) is 0.494. The van der Waals surface area contributed by atoms with Crippen LogP contribution in [0.3, 0.4) is 0 Å². The molecule has 120 valence electrons. The number of benzene rings is 1. The Morgan fingerprint density at radius 3 is 2.59 bits per heavy atom. The number of rotatable bonds is 4. The van der Waals surface area contributed by atoms with Gasteiger partial charge in [0.15, 0.2) is 5.75 Å². The number of quaternary nitrogens is 1. The Morgan fingerprint density at radius 1 is 1.41 bits per heavy atom. The number of esters is 1. The molecule has 1 fully saturated rings. The Labute approximate surface area is 128 Å². The molecule has 0 saturated carbocycles. The molecule has 0 amide bonds. The number of hydrogen-bond acceptors (Lipinski definition) is 5. The third-order valence-corrected chi connectivity index (χ3v) is 4.19. The number of carbonyl (C=O) groups is 1. The molecule has 1 aromatic rings. The normalized spacial score (nSPS) is 16.3. The molecule has 22 heavy (non-hydrogen) atoms. The van der Waals surface area contributed by atoms with E-state index in [1.807, 2.05) is 13.8 Å². The van der Waals surface area contributed by atoms with Gasteiger partial charge >= 0.3 is 11.7 Å². The van der Waals surface area contributed by atoms with E-state index in [2.05, 4.69) is 5.32 Å². The van der Waals surface area contributed by atoms with Crippen molar-refractivity contribution in [1.82, 2.24) is 0 Å². The number of carbonyl (C=O) groups excluding carboxylic acids is 1. The van der Waals surface area contributed by atoms with E-state index in [0.717, 1.165) is 38.1 Å². The summed E-state index contributed by atoms with van der Waals surface area (Å²) in [5.41, 5.74) is -0.930. The van der Waals surface area contributed by atoms with E-state index >= 15 is 0 Å². The van der Waals surface area contributed by atoms with E-state index in [9.17, 15) is 20.0 Å². The van der Waals surface area contributed by atoms with Gasteiger partial charge in [0.05, 0.1) is 23.6 Å². The molecule has 1 aliphatic rings. The van der Waals surface area contributed by atoms with Crippen LogP contribution in [0.5, 0.6) is 5.75 Å². The summed E-state index contributed by atoms with van der Waals surface area (Å²) in [7, 11) is 0. The maximum absolute atomic E-state index is 12.2. The van der Waals surface area contributed by atoms with Crippen molar-refractivity contribution in [3.63, 3.8) is 0 Å². The average molecular weight is 309 g/mol. The lowest BCUT2D eigenvalue weighted by Gasteiger charge is -2.35. The number of nitro benzene ring substituents is 1. The van der Waals surface area contributed by atoms with Crippen molar-refractivity contribution in [1.29, 1.82) is 0 Å². The molecule has 7 nitrogen and oxygen atoms in total. The number of phenolic OH excluding ortho intramolecular Hbond substituents is 1. The maximum Gasteiger partial charge on any atom is 0.338 e. The number of nitro groups is 1. The minimum Gasteiger partial charge on any atom is -0.502 e. The van der Waals surface area contributed by atoms with Crippen molar-refractivity contribution in [2.75, 3.05) is 13.1 Å². The Balaban J connectivity index is 2.11. The molecule has 0 bridgehead atoms. The zero-order chi connectivity index (χ0) is 16.3. The van der Waals surface area contributed by atoms with Gasteiger partial charge in [0.25, 0.3) is 0 Å². The Bertz CT molecular complexity index is 579. The second-order valence-corrected chi connectivity index (χ2v) is 6.09. The number of piperidine rings is 1. The van der Waals surface area contributed by atoms with Gasteiger partial charge in [-0.1, -0.05) is 0 Å². The van der Waals surface area contributed by atoms with Gasteiger partial charge in [0.2, 0.25) is 0 Å². The monoisotopic (exact) mass is 309 g/mol. The van der Waals surface area contributed by atoms with Gasteiger partial charge in [-0.25, -0.2) is 4.79 Å². The Morgan fingerprint density at radius 2 is 2.05 bits per heavy atom. The number of ether oxygens (including phenoxy) is 1. The van der Waals surface area contributed by atoms with Crippen LogP contribution in [0.25, 0.3) is 0 Å². The highest BCUT2D eigenvalue weighted by molar-refractivity contribution is 5.90. The van der Waals surface area contributed by atoms with Crippen molar-refractivity contribution < 1.29 is 24.9 Å². The third-order valence-electron chi connectivity index (χ3n) is 4.19. The molecule has 0 spiro atoms. The summed E-state index contributed by atoms with van der Waals surface area (Å²) < 4.78 is 5.58. The van der Waals surface area contributed by atoms with E-state index < -0.39 is 27.9 Å². The molecule has 3 N–H and O–H groups in total. The van der Waals surface area contributed by atoms with E-state index in [-0.39, 0.29) is 11.5 Å². The SMILES string of the molecule is CC(C)(OC(=O)c1ccc([N+](=O)[O-])c(O)c1)C1CC[NH2+]CC1. The first-order valence-electron chi connectivity index (χ1n) is 7.33. The summed E-state index contributed by atoms with van der Waals surface area (Å²) in [6, 6.07) is 3.48. The number of nitrogens with zero attached hydrogens (tertiary/aromatic N) is 1. The van der Waals surface area contributed by atoms with Crippen molar-refractivity contribution in [3.05, 3.63) is 33.9 Å². The van der Waals surface area contributed by atoms with Crippen molar-refractivity contribution in [2.45, 2.75) is 32.3 Å². The summed E-state index contributed by atoms with van der Waals surface area (Å²) >= 11 is 0. The molecule has 7 heteroatoms. The molecule has 1 aliphatic heterocycles. The molecule has 0 atom stereocenters. The predicted octanol–water partition coefficient (Wildman–Crippen LogP) is 1.21. The number of hydrogen-bond donors (Lipinski definition) is 2. The van der Waals surface area contributed by atoms with Gasteiger partial charge in [0.1, 0.15) is 5.60 Å². The van der Waals surface area contributed by atoms with Crippen molar-refractivity contribution in [3.8, 4) is 5.75 Å². The molecule has 0 aliphatic carbocycles. The van der Waals surface area contributed by atoms with Crippen LogP contribution in [-0.2, 0) is 4.74 Å². The molecule has 2 rings (SSSR count). The topological polar surface area (TPSA) is 106 Å². The smallest absolute Gasteiger partial charge is 0.338 e. The van der Waals surface area contributed by atoms with Gasteiger partial charge in [-0.15, -0.1) is 0 Å². The van der Waals surface area contributed by atoms with Crippen LogP contribution in [0.2, 0.25) is 0 Å². The highest BCUT2D eigenvalue weighted by Gasteiger charge is 2.35. The lowest BCUT2D eigenvalue weighted by atomic mass is 9.83. The van der Waals surface area contributed by atoms with Crippen LogP contribution in [0, 0.1) is 16.0 Å². The fourth-order valence-electron chi connectivity index (χ4n) is 2.81. The molecular formula is C15H21N2O5+. The molecule has 1 saturated heterocycles. The van der Waals surface area contributed by atoms with Crippen LogP contribution in [0.1, 0.15) is 37.0 Å². The van der Waals surface area contributed by atoms with Crippen LogP contribution in [0.15, 0.2) is 18.2 Å². The van der Waals surface area contributed by atoms with Crippen LogP contribution in [-0.4, -0.2) is 34.7 Å². The summed E-state index contributed by atoms with van der Waals surface area (Å²) in [6.45, 7) is 5.80. The third kappa shape index (κ3) is 3.54. The highest BCUT2D eigenvalue weighted by Crippen LogP contribution is 2.31. The van der Waals surface area contributed by atoms with Crippen LogP contribution >= 0.6 is 0 Å². The summed E-state index contributed by atoms with van der Waals surface area (Å²) in [4.78, 5) is 22.2. The fourth-order valence-corrected chi connectivity index (χ4v) is 2.81. The molecular weight excluding hydrogens is 288 g/mol. The zero-order valence-electron chi connectivity index (χ0n) is 12.7. The van der Waals surface area contributed by atoms with Gasteiger partial charge in [0, 0.05) is 30.9 Å². The molecule has 1 aromatic carbocycles. The largest absolute Gasteiger partial charge is 0.502 e. The first-order chi connectivity index (χ1) is 10.3. The van der Waals surface area contributed by atoms with Gasteiger partial charge < -0.3 is 15.2 Å². The molecule has 1 heterocycles. The van der Waals surface area contributed by atoms with Crippen molar-refractivity contribution in [2.24, 2.45) is 5.92 Å². The standard InChI is InChI=1S/C15H20N2O5/c1-15(2,11-5-7-16-8-6-11)22-14(19)10-3-4-12(17(20)21)13(18)9-10/h3-4,9,11,16,18H,5-8H2,1-2H3/p+1. The maximum atomic E-state index is 12.2. The highest BCUT2D eigenvalue weighted by atomic mass is 16.6. The second-order valence-electron chi connectivity index (χ2n) is 6.09. The lowest BCUT2D eigenvalue weighted by Crippen LogP contribution is -2.86. The number of aromatic hydroxyl groups is 1. The van der Waals surface area contributed by atoms with Gasteiger partial charge in [-0.05, 0) is 19.9 Å². The van der Waals surface area contributed by atoms with Gasteiger partial charge in [-0.3, -0.25) is 10.1 Å². The number of phenols is 1.